The minimum atomic E-state index is 0.591. The van der Waals surface area contributed by atoms with Gasteiger partial charge < -0.3 is 4.74 Å². The Labute approximate surface area is 89.5 Å². The van der Waals surface area contributed by atoms with Crippen LogP contribution in [0, 0.1) is 11.8 Å². The first kappa shape index (κ1) is 12.9. The number of hydrogen-bond acceptors (Lipinski definition) is 2. The molecule has 0 unspecified atom stereocenters. The number of methoxy groups -OCH3 is 1. The Morgan fingerprint density at radius 2 is 1.73 bits per heavy atom. The molecule has 1 rings (SSSR count). The van der Waals surface area contributed by atoms with Gasteiger partial charge in [0.1, 0.15) is 5.75 Å². The molecule has 0 saturated carbocycles. The van der Waals surface area contributed by atoms with Crippen LogP contribution in [0.2, 0.25) is 0 Å². The Kier molecular flexibility index (Phi) is 7.29. The summed E-state index contributed by atoms with van der Waals surface area (Å²) in [6, 6.07) is 6.87. The fourth-order valence-corrected chi connectivity index (χ4v) is 0.701. The van der Waals surface area contributed by atoms with Crippen LogP contribution in [0.3, 0.4) is 0 Å². The van der Waals surface area contributed by atoms with Gasteiger partial charge in [0.15, 0.2) is 0 Å². The lowest BCUT2D eigenvalue weighted by Gasteiger charge is -1.97. The van der Waals surface area contributed by atoms with E-state index in [1.165, 1.54) is 0 Å². The van der Waals surface area contributed by atoms with Crippen molar-refractivity contribution >= 4 is 5.69 Å². The summed E-state index contributed by atoms with van der Waals surface area (Å²) >= 11 is 0. The van der Waals surface area contributed by atoms with Crippen LogP contribution >= 0.6 is 0 Å². The minimum absolute atomic E-state index is 0.591. The molecule has 0 amide bonds. The number of hydrogen-bond donors (Lipinski definition) is 0. The molecule has 1 aromatic carbocycles. The molecule has 0 aliphatic rings. The molecule has 1 aromatic rings. The van der Waals surface area contributed by atoms with Gasteiger partial charge in [0.25, 0.3) is 0 Å². The average molecular weight is 203 g/mol. The fourth-order valence-electron chi connectivity index (χ4n) is 0.701. The van der Waals surface area contributed by atoms with Crippen molar-refractivity contribution in [1.82, 2.24) is 0 Å². The van der Waals surface area contributed by atoms with E-state index >= 15 is 0 Å². The van der Waals surface area contributed by atoms with E-state index < -0.39 is 0 Å². The Balaban J connectivity index is 0.000000423. The van der Waals surface area contributed by atoms with Crippen LogP contribution in [0.15, 0.2) is 29.4 Å². The second kappa shape index (κ2) is 8.49. The van der Waals surface area contributed by atoms with Gasteiger partial charge >= 0.3 is 0 Å². The lowest BCUT2D eigenvalue weighted by molar-refractivity contribution is 0.415. The van der Waals surface area contributed by atoms with Gasteiger partial charge in [-0.3, -0.25) is 0 Å². The lowest BCUT2D eigenvalue weighted by Crippen LogP contribution is -1.79. The summed E-state index contributed by atoms with van der Waals surface area (Å²) in [7, 11) is 1.59. The molecule has 0 saturated heterocycles. The van der Waals surface area contributed by atoms with Crippen molar-refractivity contribution in [1.29, 1.82) is 0 Å². The Bertz CT molecular complexity index is 375. The summed E-state index contributed by atoms with van der Waals surface area (Å²) in [5.41, 5.74) is 8.66. The third-order valence-corrected chi connectivity index (χ3v) is 1.48. The Hall–Kier alpha value is -2.11. The first-order chi connectivity index (χ1) is 7.28. The predicted molar refractivity (Wildman–Crippen MR) is 60.9 cm³/mol. The number of nitrogens with zero attached hydrogens (tertiary/aromatic N) is 3. The Morgan fingerprint density at radius 1 is 1.20 bits per heavy atom. The van der Waals surface area contributed by atoms with Gasteiger partial charge in [0.2, 0.25) is 0 Å². The lowest BCUT2D eigenvalue weighted by atomic mass is 10.3. The van der Waals surface area contributed by atoms with Crippen LogP contribution in [0.25, 0.3) is 10.4 Å². The summed E-state index contributed by atoms with van der Waals surface area (Å²) < 4.78 is 4.91. The zero-order valence-electron chi connectivity index (χ0n) is 9.06. The molecule has 0 radical (unpaired) electrons. The molecule has 4 nitrogen and oxygen atoms in total. The number of ether oxygens (including phenoxy) is 1. The van der Waals surface area contributed by atoms with Gasteiger partial charge in [-0.2, -0.15) is 0 Å². The maximum absolute atomic E-state index is 8.07. The molecule has 78 valence electrons. The van der Waals surface area contributed by atoms with Crippen molar-refractivity contribution in [2.24, 2.45) is 5.11 Å². The van der Waals surface area contributed by atoms with E-state index in [4.69, 9.17) is 10.3 Å². The van der Waals surface area contributed by atoms with Crippen LogP contribution in [0.1, 0.15) is 13.8 Å². The van der Waals surface area contributed by atoms with Crippen LogP contribution in [0.4, 0.5) is 5.69 Å². The maximum atomic E-state index is 8.07. The van der Waals surface area contributed by atoms with Crippen molar-refractivity contribution in [2.45, 2.75) is 13.8 Å². The van der Waals surface area contributed by atoms with E-state index in [-0.39, 0.29) is 0 Å². The van der Waals surface area contributed by atoms with Crippen LogP contribution < -0.4 is 4.74 Å². The number of azide groups is 1. The highest BCUT2D eigenvalue weighted by molar-refractivity contribution is 5.40. The van der Waals surface area contributed by atoms with E-state index in [1.807, 2.05) is 13.8 Å². The van der Waals surface area contributed by atoms with Gasteiger partial charge in [-0.1, -0.05) is 5.11 Å². The first-order valence-electron chi connectivity index (χ1n) is 4.31. The highest BCUT2D eigenvalue weighted by Crippen LogP contribution is 2.17. The van der Waals surface area contributed by atoms with Gasteiger partial charge in [-0.15, -0.1) is 11.8 Å². The molecule has 4 heteroatoms. The molecular weight excluding hydrogens is 190 g/mol. The summed E-state index contributed by atoms with van der Waals surface area (Å²) in [6.45, 7) is 3.64. The molecule has 0 atom stereocenters. The third-order valence-electron chi connectivity index (χ3n) is 1.48. The fraction of sp³-hybridized carbons (Fsp3) is 0.273. The van der Waals surface area contributed by atoms with Gasteiger partial charge in [0, 0.05) is 10.6 Å². The largest absolute Gasteiger partial charge is 0.497 e. The standard InChI is InChI=1S/C7H7N3O.C4H6/c1-11-7-4-2-6(3-5-7)9-10-8;1-3-4-2/h2-5H,1H3;1-2H3. The molecule has 0 heterocycles. The van der Waals surface area contributed by atoms with Crippen LogP contribution in [0.5, 0.6) is 5.75 Å². The van der Waals surface area contributed by atoms with Crippen molar-refractivity contribution < 1.29 is 4.74 Å². The second-order valence-electron chi connectivity index (χ2n) is 2.39. The number of benzene rings is 1. The normalized spacial score (nSPS) is 7.13. The van der Waals surface area contributed by atoms with E-state index in [9.17, 15) is 0 Å². The minimum Gasteiger partial charge on any atom is -0.497 e. The van der Waals surface area contributed by atoms with E-state index in [2.05, 4.69) is 21.9 Å². The quantitative estimate of drug-likeness (QED) is 0.313. The molecule has 0 fully saturated rings. The molecular formula is C11H13N3O. The van der Waals surface area contributed by atoms with Gasteiger partial charge in [0.05, 0.1) is 7.11 Å². The molecule has 0 aromatic heterocycles. The van der Waals surface area contributed by atoms with Crippen molar-refractivity contribution in [3.63, 3.8) is 0 Å². The first-order valence-corrected chi connectivity index (χ1v) is 4.31. The number of rotatable bonds is 2. The topological polar surface area (TPSA) is 58.0 Å². The second-order valence-corrected chi connectivity index (χ2v) is 2.39. The van der Waals surface area contributed by atoms with Crippen molar-refractivity contribution in [2.75, 3.05) is 7.11 Å². The van der Waals surface area contributed by atoms with Crippen LogP contribution in [-0.2, 0) is 0 Å². The highest BCUT2D eigenvalue weighted by Gasteiger charge is 1.88. The average Bonchev–Trinajstić information content (AvgIpc) is 2.31. The van der Waals surface area contributed by atoms with E-state index in [1.54, 1.807) is 31.4 Å². The molecule has 0 bridgehead atoms. The zero-order chi connectivity index (χ0) is 11.5. The summed E-state index contributed by atoms with van der Waals surface area (Å²) in [5, 5.41) is 3.41. The maximum Gasteiger partial charge on any atom is 0.118 e. The monoisotopic (exact) mass is 203 g/mol. The van der Waals surface area contributed by atoms with E-state index in [0.717, 1.165) is 5.75 Å². The molecule has 0 spiro atoms. The highest BCUT2D eigenvalue weighted by atomic mass is 16.5. The van der Waals surface area contributed by atoms with Gasteiger partial charge in [-0.05, 0) is 43.6 Å². The van der Waals surface area contributed by atoms with Crippen LogP contribution in [-0.4, -0.2) is 7.11 Å². The van der Waals surface area contributed by atoms with Crippen molar-refractivity contribution in [3.05, 3.63) is 34.7 Å². The molecule has 0 aliphatic carbocycles. The third kappa shape index (κ3) is 6.03. The smallest absolute Gasteiger partial charge is 0.118 e. The van der Waals surface area contributed by atoms with Crippen molar-refractivity contribution in [3.8, 4) is 17.6 Å². The molecule has 0 aliphatic heterocycles. The Morgan fingerprint density at radius 3 is 2.07 bits per heavy atom. The van der Waals surface area contributed by atoms with Gasteiger partial charge in [-0.25, -0.2) is 0 Å². The summed E-state index contributed by atoms with van der Waals surface area (Å²) in [5.74, 6) is 6.11. The summed E-state index contributed by atoms with van der Waals surface area (Å²) in [6.07, 6.45) is 0. The molecule has 15 heavy (non-hydrogen) atoms. The summed E-state index contributed by atoms with van der Waals surface area (Å²) in [4.78, 5) is 2.65. The SMILES string of the molecule is CC#CC.COc1ccc(N=[N+]=[N-])cc1. The molecule has 0 N–H and O–H groups in total. The zero-order valence-corrected chi connectivity index (χ0v) is 9.06. The van der Waals surface area contributed by atoms with E-state index in [0.29, 0.717) is 5.69 Å². The predicted octanol–water partition coefficient (Wildman–Crippen LogP) is 3.67.